The molecule has 1 aliphatic rings. The summed E-state index contributed by atoms with van der Waals surface area (Å²) in [4.78, 5) is 28.3. The maximum Gasteiger partial charge on any atom is 0.416 e. The second-order valence-corrected chi connectivity index (χ2v) is 8.33. The monoisotopic (exact) mass is 465 g/mol. The van der Waals surface area contributed by atoms with E-state index in [1.54, 1.807) is 18.2 Å². The van der Waals surface area contributed by atoms with Crippen LogP contribution in [-0.2, 0) is 6.18 Å². The highest BCUT2D eigenvalue weighted by molar-refractivity contribution is 6.10. The predicted octanol–water partition coefficient (Wildman–Crippen LogP) is 5.88. The lowest BCUT2D eigenvalue weighted by molar-refractivity contribution is -0.137. The minimum Gasteiger partial charge on any atom is -0.508 e. The highest BCUT2D eigenvalue weighted by Crippen LogP contribution is 2.43. The van der Waals surface area contributed by atoms with Crippen LogP contribution in [0.4, 0.5) is 18.9 Å². The van der Waals surface area contributed by atoms with Gasteiger partial charge in [-0.15, -0.1) is 0 Å². The molecule has 5 nitrogen and oxygen atoms in total. The quantitative estimate of drug-likeness (QED) is 0.401. The Labute approximate surface area is 191 Å². The van der Waals surface area contributed by atoms with Crippen molar-refractivity contribution in [1.82, 2.24) is 0 Å². The Morgan fingerprint density at radius 1 is 0.941 bits per heavy atom. The number of phenols is 1. The zero-order valence-electron chi connectivity index (χ0n) is 18.1. The van der Waals surface area contributed by atoms with Gasteiger partial charge in [0, 0.05) is 5.69 Å². The van der Waals surface area contributed by atoms with E-state index in [2.05, 4.69) is 0 Å². The molecule has 1 aliphatic heterocycles. The second kappa shape index (κ2) is 7.48. The minimum absolute atomic E-state index is 0.0174. The van der Waals surface area contributed by atoms with Gasteiger partial charge in [-0.1, -0.05) is 18.2 Å². The van der Waals surface area contributed by atoms with Gasteiger partial charge in [0.15, 0.2) is 5.43 Å². The summed E-state index contributed by atoms with van der Waals surface area (Å²) in [6.07, 6.45) is -4.62. The first-order chi connectivity index (χ1) is 16.1. The van der Waals surface area contributed by atoms with Crippen LogP contribution in [0.25, 0.3) is 11.0 Å². The van der Waals surface area contributed by atoms with E-state index >= 15 is 0 Å². The lowest BCUT2D eigenvalue weighted by atomic mass is 9.97. The molecule has 1 unspecified atom stereocenters. The van der Waals surface area contributed by atoms with Crippen molar-refractivity contribution < 1.29 is 27.5 Å². The van der Waals surface area contributed by atoms with E-state index in [0.29, 0.717) is 5.56 Å². The van der Waals surface area contributed by atoms with Crippen LogP contribution >= 0.6 is 0 Å². The normalized spacial score (nSPS) is 15.7. The van der Waals surface area contributed by atoms with Gasteiger partial charge in [-0.3, -0.25) is 14.5 Å². The van der Waals surface area contributed by atoms with Crippen LogP contribution in [0, 0.1) is 13.8 Å². The molecule has 1 N–H and O–H groups in total. The summed E-state index contributed by atoms with van der Waals surface area (Å²) in [6.45, 7) is 3.68. The summed E-state index contributed by atoms with van der Waals surface area (Å²) in [7, 11) is 0. The molecule has 1 amide bonds. The Balaban J connectivity index is 1.81. The van der Waals surface area contributed by atoms with Gasteiger partial charge < -0.3 is 9.52 Å². The van der Waals surface area contributed by atoms with Crippen molar-refractivity contribution in [3.05, 3.63) is 104 Å². The van der Waals surface area contributed by atoms with Crippen LogP contribution in [-0.4, -0.2) is 11.0 Å². The number of anilines is 1. The number of rotatable bonds is 2. The first kappa shape index (κ1) is 21.8. The van der Waals surface area contributed by atoms with Gasteiger partial charge >= 0.3 is 6.18 Å². The molecular formula is C26H18F3NO4. The van der Waals surface area contributed by atoms with Gasteiger partial charge in [0.05, 0.1) is 22.6 Å². The third-order valence-electron chi connectivity index (χ3n) is 6.12. The zero-order valence-corrected chi connectivity index (χ0v) is 18.1. The Kier molecular flexibility index (Phi) is 4.79. The summed E-state index contributed by atoms with van der Waals surface area (Å²) < 4.78 is 46.1. The Hall–Kier alpha value is -4.07. The van der Waals surface area contributed by atoms with Crippen molar-refractivity contribution in [3.63, 3.8) is 0 Å². The Morgan fingerprint density at radius 2 is 1.65 bits per heavy atom. The SMILES string of the molecule is Cc1cc2oc3c(c(=O)c2cc1C)C(c1cccc(O)c1)N(c1cccc(C(F)(F)F)c1)C3=O. The molecule has 0 saturated carbocycles. The molecule has 8 heteroatoms. The molecule has 1 aromatic heterocycles. The van der Waals surface area contributed by atoms with Crippen LogP contribution in [0.2, 0.25) is 0 Å². The molecule has 172 valence electrons. The maximum absolute atomic E-state index is 13.6. The van der Waals surface area contributed by atoms with E-state index in [9.17, 15) is 27.9 Å². The topological polar surface area (TPSA) is 70.8 Å². The largest absolute Gasteiger partial charge is 0.508 e. The molecule has 0 aliphatic carbocycles. The summed E-state index contributed by atoms with van der Waals surface area (Å²) in [6, 6.07) is 12.5. The molecule has 0 bridgehead atoms. The lowest BCUT2D eigenvalue weighted by Gasteiger charge is -2.26. The fraction of sp³-hybridized carbons (Fsp3) is 0.154. The van der Waals surface area contributed by atoms with Crippen molar-refractivity contribution >= 4 is 22.6 Å². The van der Waals surface area contributed by atoms with E-state index in [1.807, 2.05) is 13.8 Å². The van der Waals surface area contributed by atoms with E-state index in [1.165, 1.54) is 30.3 Å². The van der Waals surface area contributed by atoms with E-state index in [-0.39, 0.29) is 33.7 Å². The molecule has 0 radical (unpaired) electrons. The third kappa shape index (κ3) is 3.34. The van der Waals surface area contributed by atoms with Crippen molar-refractivity contribution in [2.24, 2.45) is 0 Å². The Morgan fingerprint density at radius 3 is 2.35 bits per heavy atom. The molecule has 1 atom stereocenters. The average molecular weight is 465 g/mol. The van der Waals surface area contributed by atoms with E-state index in [4.69, 9.17) is 4.42 Å². The molecule has 4 aromatic rings. The van der Waals surface area contributed by atoms with Crippen LogP contribution in [0.1, 0.15) is 44.4 Å². The fourth-order valence-corrected chi connectivity index (χ4v) is 4.34. The number of alkyl halides is 3. The van der Waals surface area contributed by atoms with Gasteiger partial charge in [-0.05, 0) is 73.0 Å². The van der Waals surface area contributed by atoms with Crippen molar-refractivity contribution in [3.8, 4) is 5.75 Å². The smallest absolute Gasteiger partial charge is 0.416 e. The summed E-state index contributed by atoms with van der Waals surface area (Å²) in [5, 5.41) is 10.3. The number of fused-ring (bicyclic) bond motifs is 2. The predicted molar refractivity (Wildman–Crippen MR) is 120 cm³/mol. The zero-order chi connectivity index (χ0) is 24.4. The van der Waals surface area contributed by atoms with Crippen LogP contribution in [0.3, 0.4) is 0 Å². The fourth-order valence-electron chi connectivity index (χ4n) is 4.34. The molecule has 3 aromatic carbocycles. The molecule has 0 saturated heterocycles. The van der Waals surface area contributed by atoms with E-state index < -0.39 is 29.1 Å². The van der Waals surface area contributed by atoms with Crippen molar-refractivity contribution in [1.29, 1.82) is 0 Å². The molecule has 0 fully saturated rings. The second-order valence-electron chi connectivity index (χ2n) is 8.33. The summed E-state index contributed by atoms with van der Waals surface area (Å²) in [5.74, 6) is -1.08. The minimum atomic E-state index is -4.62. The van der Waals surface area contributed by atoms with Gasteiger partial charge in [0.1, 0.15) is 11.3 Å². The summed E-state index contributed by atoms with van der Waals surface area (Å²) >= 11 is 0. The number of amides is 1. The molecule has 2 heterocycles. The number of hydrogen-bond acceptors (Lipinski definition) is 4. The van der Waals surface area contributed by atoms with Gasteiger partial charge in [-0.25, -0.2) is 0 Å². The van der Waals surface area contributed by atoms with Gasteiger partial charge in [-0.2, -0.15) is 13.2 Å². The van der Waals surface area contributed by atoms with Crippen molar-refractivity contribution in [2.45, 2.75) is 26.1 Å². The molecular weight excluding hydrogens is 447 g/mol. The first-order valence-electron chi connectivity index (χ1n) is 10.4. The van der Waals surface area contributed by atoms with Gasteiger partial charge in [0.25, 0.3) is 5.91 Å². The van der Waals surface area contributed by atoms with Crippen molar-refractivity contribution in [2.75, 3.05) is 4.90 Å². The number of aromatic hydroxyl groups is 1. The standard InChI is InChI=1S/C26H18F3NO4/c1-13-9-19-20(10-14(13)2)34-24-21(23(19)32)22(15-5-3-8-18(31)11-15)30(25(24)33)17-7-4-6-16(12-17)26(27,28)29/h3-12,22,31H,1-2H3. The van der Waals surface area contributed by atoms with Crippen LogP contribution in [0.15, 0.2) is 69.9 Å². The highest BCUT2D eigenvalue weighted by Gasteiger charge is 2.44. The summed E-state index contributed by atoms with van der Waals surface area (Å²) in [5.41, 5.74) is 0.891. The number of halogens is 3. The number of hydrogen-bond donors (Lipinski definition) is 1. The number of nitrogens with zero attached hydrogens (tertiary/aromatic N) is 1. The number of carbonyl (C=O) groups is 1. The number of carbonyl (C=O) groups excluding carboxylic acids is 1. The maximum atomic E-state index is 13.6. The highest BCUT2D eigenvalue weighted by atomic mass is 19.4. The third-order valence-corrected chi connectivity index (χ3v) is 6.12. The van der Waals surface area contributed by atoms with E-state index in [0.717, 1.165) is 28.2 Å². The molecule has 0 spiro atoms. The van der Waals surface area contributed by atoms with Crippen LogP contribution in [0.5, 0.6) is 5.75 Å². The first-order valence-corrected chi connectivity index (χ1v) is 10.4. The van der Waals surface area contributed by atoms with Crippen LogP contribution < -0.4 is 10.3 Å². The Bertz CT molecular complexity index is 1540. The van der Waals surface area contributed by atoms with Gasteiger partial charge in [0.2, 0.25) is 5.76 Å². The number of benzene rings is 3. The number of phenolic OH excluding ortho intramolecular Hbond substituents is 1. The molecule has 5 rings (SSSR count). The average Bonchev–Trinajstić information content (AvgIpc) is 3.07. The lowest BCUT2D eigenvalue weighted by Crippen LogP contribution is -2.29. The molecule has 34 heavy (non-hydrogen) atoms. The number of aryl methyl sites for hydroxylation is 2.